The van der Waals surface area contributed by atoms with Crippen molar-refractivity contribution in [1.29, 1.82) is 0 Å². The Bertz CT molecular complexity index is 624. The Morgan fingerprint density at radius 1 is 1.23 bits per heavy atom. The second-order valence-electron chi connectivity index (χ2n) is 4.93. The Kier molecular flexibility index (Phi) is 5.47. The van der Waals surface area contributed by atoms with E-state index in [0.717, 1.165) is 18.8 Å². The number of halogens is 1. The van der Waals surface area contributed by atoms with E-state index in [1.165, 1.54) is 12.1 Å². The van der Waals surface area contributed by atoms with Gasteiger partial charge in [0.2, 0.25) is 5.91 Å². The van der Waals surface area contributed by atoms with Gasteiger partial charge in [-0.05, 0) is 43.7 Å². The lowest BCUT2D eigenvalue weighted by Gasteiger charge is -2.20. The van der Waals surface area contributed by atoms with Crippen LogP contribution in [0.4, 0.5) is 15.9 Å². The quantitative estimate of drug-likeness (QED) is 0.891. The van der Waals surface area contributed by atoms with E-state index in [0.29, 0.717) is 11.4 Å². The van der Waals surface area contributed by atoms with Crippen molar-refractivity contribution in [3.63, 3.8) is 0 Å². The Labute approximate surface area is 130 Å². The molecule has 1 amide bonds. The summed E-state index contributed by atoms with van der Waals surface area (Å²) < 4.78 is 13.1. The lowest BCUT2D eigenvalue weighted by molar-refractivity contribution is -0.115. The Morgan fingerprint density at radius 2 is 2.00 bits per heavy atom. The molecule has 1 aromatic heterocycles. The number of rotatable bonds is 6. The first-order valence-corrected chi connectivity index (χ1v) is 7.37. The molecule has 0 aliphatic rings. The summed E-state index contributed by atoms with van der Waals surface area (Å²) in [5, 5.41) is 2.72. The number of carbonyl (C=O) groups is 1. The van der Waals surface area contributed by atoms with Crippen molar-refractivity contribution in [1.82, 2.24) is 4.98 Å². The predicted molar refractivity (Wildman–Crippen MR) is 86.5 cm³/mol. The molecule has 1 N–H and O–H groups in total. The summed E-state index contributed by atoms with van der Waals surface area (Å²) in [5.41, 5.74) is 1.66. The van der Waals surface area contributed by atoms with Gasteiger partial charge < -0.3 is 10.2 Å². The van der Waals surface area contributed by atoms with Crippen molar-refractivity contribution in [3.8, 4) is 0 Å². The largest absolute Gasteiger partial charge is 0.371 e. The second-order valence-corrected chi connectivity index (χ2v) is 4.93. The minimum Gasteiger partial charge on any atom is -0.371 e. The van der Waals surface area contributed by atoms with Crippen molar-refractivity contribution in [2.24, 2.45) is 0 Å². The van der Waals surface area contributed by atoms with E-state index in [1.807, 2.05) is 6.07 Å². The van der Waals surface area contributed by atoms with Crippen LogP contribution in [0.2, 0.25) is 0 Å². The fourth-order valence-electron chi connectivity index (χ4n) is 2.26. The first-order chi connectivity index (χ1) is 10.6. The maximum absolute atomic E-state index is 13.1. The molecule has 2 rings (SSSR count). The van der Waals surface area contributed by atoms with Gasteiger partial charge in [-0.25, -0.2) is 9.37 Å². The number of nitrogens with one attached hydrogen (secondary N) is 1. The number of aromatic nitrogens is 1. The average Bonchev–Trinajstić information content (AvgIpc) is 2.50. The zero-order chi connectivity index (χ0) is 15.9. The Morgan fingerprint density at radius 3 is 2.59 bits per heavy atom. The van der Waals surface area contributed by atoms with Gasteiger partial charge in [-0.2, -0.15) is 0 Å². The van der Waals surface area contributed by atoms with Gasteiger partial charge in [-0.1, -0.05) is 12.1 Å². The van der Waals surface area contributed by atoms with Crippen LogP contribution in [-0.2, 0) is 11.2 Å². The maximum atomic E-state index is 13.1. The Balaban J connectivity index is 1.97. The summed E-state index contributed by atoms with van der Waals surface area (Å²) in [6, 6.07) is 9.73. The number of benzene rings is 1. The number of hydrogen-bond acceptors (Lipinski definition) is 3. The van der Waals surface area contributed by atoms with Crippen molar-refractivity contribution >= 4 is 17.4 Å². The maximum Gasteiger partial charge on any atom is 0.229 e. The van der Waals surface area contributed by atoms with Gasteiger partial charge in [0, 0.05) is 13.1 Å². The third kappa shape index (κ3) is 4.28. The van der Waals surface area contributed by atoms with Crippen molar-refractivity contribution in [2.75, 3.05) is 23.3 Å². The highest BCUT2D eigenvalue weighted by atomic mass is 19.1. The first kappa shape index (κ1) is 15.9. The van der Waals surface area contributed by atoms with Gasteiger partial charge in [0.25, 0.3) is 0 Å². The van der Waals surface area contributed by atoms with Crippen LogP contribution in [0.25, 0.3) is 0 Å². The molecule has 5 heteroatoms. The molecule has 22 heavy (non-hydrogen) atoms. The number of pyridine rings is 1. The Hall–Kier alpha value is -2.43. The van der Waals surface area contributed by atoms with E-state index in [-0.39, 0.29) is 18.1 Å². The lowest BCUT2D eigenvalue weighted by Crippen LogP contribution is -2.22. The summed E-state index contributed by atoms with van der Waals surface area (Å²) in [5.74, 6) is -0.0574. The number of anilines is 2. The third-order valence-electron chi connectivity index (χ3n) is 3.40. The standard InChI is InChI=1S/C17H20FN3O/c1-3-21(4-2)15-8-9-16(19-12-15)20-17(22)11-13-6-5-7-14(18)10-13/h5-10,12H,3-4,11H2,1-2H3,(H,19,20,22). The highest BCUT2D eigenvalue weighted by Gasteiger charge is 2.07. The molecule has 1 aromatic carbocycles. The molecule has 0 spiro atoms. The average molecular weight is 301 g/mol. The highest BCUT2D eigenvalue weighted by Crippen LogP contribution is 2.15. The molecule has 116 valence electrons. The van der Waals surface area contributed by atoms with Gasteiger partial charge in [0.15, 0.2) is 0 Å². The van der Waals surface area contributed by atoms with Crippen LogP contribution in [0.3, 0.4) is 0 Å². The van der Waals surface area contributed by atoms with Crippen LogP contribution in [0.5, 0.6) is 0 Å². The zero-order valence-corrected chi connectivity index (χ0v) is 12.8. The molecule has 1 heterocycles. The normalized spacial score (nSPS) is 10.3. The van der Waals surface area contributed by atoms with Crippen LogP contribution in [0.1, 0.15) is 19.4 Å². The summed E-state index contributed by atoms with van der Waals surface area (Å²) in [4.78, 5) is 18.4. The summed E-state index contributed by atoms with van der Waals surface area (Å²) in [7, 11) is 0. The van der Waals surface area contributed by atoms with Crippen LogP contribution < -0.4 is 10.2 Å². The van der Waals surface area contributed by atoms with E-state index < -0.39 is 0 Å². The monoisotopic (exact) mass is 301 g/mol. The first-order valence-electron chi connectivity index (χ1n) is 7.37. The van der Waals surface area contributed by atoms with Gasteiger partial charge in [-0.15, -0.1) is 0 Å². The minimum absolute atomic E-state index is 0.122. The second kappa shape index (κ2) is 7.54. The molecule has 0 aliphatic heterocycles. The molecular formula is C17H20FN3O. The van der Waals surface area contributed by atoms with Crippen molar-refractivity contribution in [3.05, 3.63) is 54.0 Å². The number of hydrogen-bond donors (Lipinski definition) is 1. The smallest absolute Gasteiger partial charge is 0.229 e. The van der Waals surface area contributed by atoms with Crippen LogP contribution in [-0.4, -0.2) is 24.0 Å². The molecule has 0 unspecified atom stereocenters. The molecule has 2 aromatic rings. The molecule has 0 saturated heterocycles. The number of amides is 1. The van der Waals surface area contributed by atoms with E-state index in [1.54, 1.807) is 24.4 Å². The van der Waals surface area contributed by atoms with Crippen molar-refractivity contribution in [2.45, 2.75) is 20.3 Å². The topological polar surface area (TPSA) is 45.2 Å². The minimum atomic E-state index is -0.341. The van der Waals surface area contributed by atoms with Gasteiger partial charge >= 0.3 is 0 Å². The molecule has 0 aliphatic carbocycles. The zero-order valence-electron chi connectivity index (χ0n) is 12.8. The van der Waals surface area contributed by atoms with Crippen LogP contribution in [0, 0.1) is 5.82 Å². The summed E-state index contributed by atoms with van der Waals surface area (Å²) in [6.45, 7) is 5.98. The molecule has 0 fully saturated rings. The van der Waals surface area contributed by atoms with E-state index >= 15 is 0 Å². The number of nitrogens with zero attached hydrogens (tertiary/aromatic N) is 2. The third-order valence-corrected chi connectivity index (χ3v) is 3.40. The van der Waals surface area contributed by atoms with E-state index in [2.05, 4.69) is 29.0 Å². The van der Waals surface area contributed by atoms with Crippen LogP contribution >= 0.6 is 0 Å². The molecule has 0 saturated carbocycles. The molecule has 0 bridgehead atoms. The summed E-state index contributed by atoms with van der Waals surface area (Å²) in [6.07, 6.45) is 1.86. The molecule has 4 nitrogen and oxygen atoms in total. The SMILES string of the molecule is CCN(CC)c1ccc(NC(=O)Cc2cccc(F)c2)nc1. The number of carbonyl (C=O) groups excluding carboxylic acids is 1. The van der Waals surface area contributed by atoms with Crippen molar-refractivity contribution < 1.29 is 9.18 Å². The van der Waals surface area contributed by atoms with Gasteiger partial charge in [0.1, 0.15) is 11.6 Å². The van der Waals surface area contributed by atoms with E-state index in [9.17, 15) is 9.18 Å². The summed E-state index contributed by atoms with van der Waals surface area (Å²) >= 11 is 0. The van der Waals surface area contributed by atoms with Gasteiger partial charge in [0.05, 0.1) is 18.3 Å². The molecule has 0 atom stereocenters. The fourth-order valence-corrected chi connectivity index (χ4v) is 2.26. The predicted octanol–water partition coefficient (Wildman–Crippen LogP) is 3.25. The fraction of sp³-hybridized carbons (Fsp3) is 0.294. The van der Waals surface area contributed by atoms with Gasteiger partial charge in [-0.3, -0.25) is 4.79 Å². The lowest BCUT2D eigenvalue weighted by atomic mass is 10.1. The van der Waals surface area contributed by atoms with Crippen LogP contribution in [0.15, 0.2) is 42.6 Å². The van der Waals surface area contributed by atoms with E-state index in [4.69, 9.17) is 0 Å². The molecule has 0 radical (unpaired) electrons. The molecular weight excluding hydrogens is 281 g/mol. The highest BCUT2D eigenvalue weighted by molar-refractivity contribution is 5.91.